The van der Waals surface area contributed by atoms with E-state index in [1.807, 2.05) is 24.3 Å². The molecule has 0 unspecified atom stereocenters. The Morgan fingerprint density at radius 2 is 2.00 bits per heavy atom. The van der Waals surface area contributed by atoms with Crippen LogP contribution in [0.3, 0.4) is 0 Å². The molecule has 0 bridgehead atoms. The number of carbonyl (C=O) groups is 1. The first-order valence-corrected chi connectivity index (χ1v) is 13.6. The SMILES string of the molecule is O=C(Nc1cc(C2C[CH2][Sn][CH2]C2)nn1-c1ccccn1)c1cnn2cccnc12. The van der Waals surface area contributed by atoms with Crippen LogP contribution < -0.4 is 5.32 Å². The predicted octanol–water partition coefficient (Wildman–Crippen LogP) is 2.98. The molecule has 2 radical (unpaired) electrons. The summed E-state index contributed by atoms with van der Waals surface area (Å²) >= 11 is -0.142. The number of nitrogens with zero attached hydrogens (tertiary/aromatic N) is 6. The minimum atomic E-state index is -0.264. The van der Waals surface area contributed by atoms with Crippen LogP contribution >= 0.6 is 0 Å². The van der Waals surface area contributed by atoms with E-state index < -0.39 is 0 Å². The van der Waals surface area contributed by atoms with Crippen LogP contribution in [0, 0.1) is 0 Å². The summed E-state index contributed by atoms with van der Waals surface area (Å²) in [5.74, 6) is 1.49. The fourth-order valence-corrected chi connectivity index (χ4v) is 7.50. The van der Waals surface area contributed by atoms with Gasteiger partial charge in [0.05, 0.1) is 0 Å². The first-order chi connectivity index (χ1) is 14.3. The maximum atomic E-state index is 13.0. The molecule has 1 amide bonds. The Labute approximate surface area is 177 Å². The van der Waals surface area contributed by atoms with Crippen LogP contribution in [0.1, 0.15) is 34.8 Å². The van der Waals surface area contributed by atoms with Gasteiger partial charge in [-0.25, -0.2) is 0 Å². The van der Waals surface area contributed by atoms with Gasteiger partial charge in [0.15, 0.2) is 0 Å². The van der Waals surface area contributed by atoms with Crippen molar-refractivity contribution < 1.29 is 4.79 Å². The van der Waals surface area contributed by atoms with Crippen molar-refractivity contribution in [2.24, 2.45) is 0 Å². The average molecular weight is 492 g/mol. The van der Waals surface area contributed by atoms with Crippen LogP contribution in [0.4, 0.5) is 5.82 Å². The Morgan fingerprint density at radius 1 is 1.14 bits per heavy atom. The summed E-state index contributed by atoms with van der Waals surface area (Å²) in [6.45, 7) is 0. The van der Waals surface area contributed by atoms with E-state index in [4.69, 9.17) is 5.10 Å². The molecule has 144 valence electrons. The van der Waals surface area contributed by atoms with Crippen LogP contribution in [-0.4, -0.2) is 56.4 Å². The van der Waals surface area contributed by atoms with Crippen LogP contribution in [0.25, 0.3) is 11.5 Å². The number of nitrogens with one attached hydrogen (secondary N) is 1. The zero-order valence-corrected chi connectivity index (χ0v) is 18.5. The molecule has 1 fully saturated rings. The second kappa shape index (κ2) is 7.94. The third kappa shape index (κ3) is 3.64. The predicted molar refractivity (Wildman–Crippen MR) is 110 cm³/mol. The summed E-state index contributed by atoms with van der Waals surface area (Å²) < 4.78 is 6.09. The van der Waals surface area contributed by atoms with Crippen molar-refractivity contribution >= 4 is 38.5 Å². The van der Waals surface area contributed by atoms with E-state index in [0.717, 1.165) is 5.69 Å². The van der Waals surface area contributed by atoms with Gasteiger partial charge >= 0.3 is 172 Å². The zero-order valence-electron chi connectivity index (χ0n) is 15.7. The van der Waals surface area contributed by atoms with Crippen molar-refractivity contribution in [2.75, 3.05) is 5.32 Å². The van der Waals surface area contributed by atoms with Crippen molar-refractivity contribution in [1.29, 1.82) is 0 Å². The molecule has 9 heteroatoms. The van der Waals surface area contributed by atoms with Gasteiger partial charge in [0.25, 0.3) is 0 Å². The van der Waals surface area contributed by atoms with E-state index in [2.05, 4.69) is 20.4 Å². The molecule has 4 aromatic heterocycles. The Morgan fingerprint density at radius 3 is 2.83 bits per heavy atom. The fourth-order valence-electron chi connectivity index (χ4n) is 3.63. The number of fused-ring (bicyclic) bond motifs is 1. The first kappa shape index (κ1) is 18.3. The van der Waals surface area contributed by atoms with Crippen molar-refractivity contribution in [1.82, 2.24) is 29.4 Å². The number of carbonyl (C=O) groups excluding carboxylic acids is 1. The summed E-state index contributed by atoms with van der Waals surface area (Å²) in [6.07, 6.45) is 9.09. The van der Waals surface area contributed by atoms with E-state index in [9.17, 15) is 4.79 Å². The quantitative estimate of drug-likeness (QED) is 0.443. The molecule has 0 aliphatic carbocycles. The van der Waals surface area contributed by atoms with Crippen molar-refractivity contribution in [2.45, 2.75) is 27.6 Å². The molecule has 5 rings (SSSR count). The van der Waals surface area contributed by atoms with Gasteiger partial charge in [-0.15, -0.1) is 0 Å². The summed E-state index contributed by atoms with van der Waals surface area (Å²) in [4.78, 5) is 21.7. The topological polar surface area (TPSA) is 90.0 Å². The van der Waals surface area contributed by atoms with Gasteiger partial charge in [0.2, 0.25) is 0 Å². The minimum absolute atomic E-state index is 0.142. The van der Waals surface area contributed by atoms with E-state index in [1.165, 1.54) is 27.9 Å². The molecule has 29 heavy (non-hydrogen) atoms. The molecular formula is C20H19N7OSn. The molecule has 8 nitrogen and oxygen atoms in total. The van der Waals surface area contributed by atoms with Crippen LogP contribution in [0.15, 0.2) is 55.1 Å². The first-order valence-electron chi connectivity index (χ1n) is 9.61. The summed E-state index contributed by atoms with van der Waals surface area (Å²) in [7, 11) is 0. The van der Waals surface area contributed by atoms with Crippen LogP contribution in [0.2, 0.25) is 8.87 Å². The molecule has 4 aromatic rings. The molecule has 0 spiro atoms. The number of hydrogen-bond acceptors (Lipinski definition) is 5. The third-order valence-corrected chi connectivity index (χ3v) is 8.78. The normalized spacial score (nSPS) is 14.9. The molecular weight excluding hydrogens is 473 g/mol. The maximum absolute atomic E-state index is 13.0. The zero-order chi connectivity index (χ0) is 19.6. The number of anilines is 1. The fraction of sp³-hybridized carbons (Fsp3) is 0.250. The van der Waals surface area contributed by atoms with Gasteiger partial charge in [0.1, 0.15) is 0 Å². The number of rotatable bonds is 4. The Kier molecular flexibility index (Phi) is 5.01. The number of pyridine rings is 1. The Bertz CT molecular complexity index is 1150. The molecule has 1 saturated heterocycles. The van der Waals surface area contributed by atoms with Gasteiger partial charge in [-0.05, 0) is 6.07 Å². The summed E-state index contributed by atoms with van der Waals surface area (Å²) in [6, 6.07) is 9.44. The van der Waals surface area contributed by atoms with E-state index in [-0.39, 0.29) is 27.0 Å². The van der Waals surface area contributed by atoms with Crippen LogP contribution in [0.5, 0.6) is 0 Å². The monoisotopic (exact) mass is 493 g/mol. The third-order valence-electron chi connectivity index (χ3n) is 5.12. The van der Waals surface area contributed by atoms with Gasteiger partial charge in [0, 0.05) is 0 Å². The van der Waals surface area contributed by atoms with Crippen molar-refractivity contribution in [3.8, 4) is 5.82 Å². The molecule has 0 atom stereocenters. The standard InChI is InChI=1S/C20H19N7O.Sn/c1-3-14(4-2)16-12-18(27(25-16)17-8-5-6-9-21-17)24-20(28)15-13-23-26-11-7-10-22-19(15)26;/h5-14H,1-4H2,(H,24,28);. The van der Waals surface area contributed by atoms with E-state index >= 15 is 0 Å². The van der Waals surface area contributed by atoms with Gasteiger partial charge in [-0.1, -0.05) is 0 Å². The van der Waals surface area contributed by atoms with Gasteiger partial charge < -0.3 is 0 Å². The Hall–Kier alpha value is -2.75. The van der Waals surface area contributed by atoms with Crippen molar-refractivity contribution in [3.63, 3.8) is 0 Å². The molecule has 1 N–H and O–H groups in total. The second-order valence-electron chi connectivity index (χ2n) is 6.98. The number of aromatic nitrogens is 6. The number of amides is 1. The molecule has 0 aromatic carbocycles. The van der Waals surface area contributed by atoms with Gasteiger partial charge in [-0.3, -0.25) is 0 Å². The number of hydrogen-bond donors (Lipinski definition) is 1. The summed E-state index contributed by atoms with van der Waals surface area (Å²) in [5.41, 5.74) is 1.97. The molecule has 0 saturated carbocycles. The average Bonchev–Trinajstić information content (AvgIpc) is 3.39. The van der Waals surface area contributed by atoms with Crippen LogP contribution in [-0.2, 0) is 0 Å². The van der Waals surface area contributed by atoms with E-state index in [1.54, 1.807) is 33.9 Å². The Balaban J connectivity index is 1.51. The van der Waals surface area contributed by atoms with Gasteiger partial charge in [-0.2, -0.15) is 0 Å². The molecule has 1 aliphatic rings. The van der Waals surface area contributed by atoms with Crippen molar-refractivity contribution in [3.05, 3.63) is 66.4 Å². The second-order valence-corrected chi connectivity index (χ2v) is 11.3. The molecule has 5 heterocycles. The summed E-state index contributed by atoms with van der Waals surface area (Å²) in [5, 5.41) is 12.0. The van der Waals surface area contributed by atoms with E-state index in [0.29, 0.717) is 28.8 Å². The molecule has 1 aliphatic heterocycles.